The maximum absolute atomic E-state index is 12.0. The zero-order valence-electron chi connectivity index (χ0n) is 14.8. The van der Waals surface area contributed by atoms with Gasteiger partial charge in [-0.15, -0.1) is 0 Å². The molecular weight excluding hydrogens is 332 g/mol. The fourth-order valence-electron chi connectivity index (χ4n) is 2.57. The van der Waals surface area contributed by atoms with Crippen molar-refractivity contribution in [1.82, 2.24) is 5.32 Å². The first-order valence-electron chi connectivity index (χ1n) is 8.43. The molecule has 6 heteroatoms. The van der Waals surface area contributed by atoms with E-state index in [4.69, 9.17) is 15.2 Å². The zero-order chi connectivity index (χ0) is 18.8. The third kappa shape index (κ3) is 6.57. The van der Waals surface area contributed by atoms with Gasteiger partial charge in [-0.1, -0.05) is 60.7 Å². The number of carbonyl (C=O) groups excluding carboxylic acids is 2. The van der Waals surface area contributed by atoms with Crippen LogP contribution in [0.1, 0.15) is 17.5 Å². The van der Waals surface area contributed by atoms with E-state index in [1.54, 1.807) is 0 Å². The summed E-state index contributed by atoms with van der Waals surface area (Å²) < 4.78 is 9.92. The van der Waals surface area contributed by atoms with Gasteiger partial charge in [0.05, 0.1) is 7.11 Å². The molecule has 0 aliphatic carbocycles. The molecular formula is C20H24N2O4. The Morgan fingerprint density at radius 3 is 2.15 bits per heavy atom. The molecule has 0 radical (unpaired) electrons. The largest absolute Gasteiger partial charge is 0.467 e. The summed E-state index contributed by atoms with van der Waals surface area (Å²) in [5, 5.41) is 2.54. The van der Waals surface area contributed by atoms with E-state index in [1.165, 1.54) is 7.11 Å². The quantitative estimate of drug-likeness (QED) is 0.709. The molecule has 0 saturated heterocycles. The average molecular weight is 356 g/mol. The second kappa shape index (κ2) is 10.2. The number of alkyl carbamates (subject to hydrolysis) is 1. The van der Waals surface area contributed by atoms with Gasteiger partial charge in [0.15, 0.2) is 0 Å². The Balaban J connectivity index is 1.87. The van der Waals surface area contributed by atoms with Crippen LogP contribution in [0, 0.1) is 0 Å². The van der Waals surface area contributed by atoms with Crippen molar-refractivity contribution in [2.24, 2.45) is 5.73 Å². The van der Waals surface area contributed by atoms with Gasteiger partial charge in [0.2, 0.25) is 0 Å². The average Bonchev–Trinajstić information content (AvgIpc) is 2.66. The van der Waals surface area contributed by atoms with Crippen LogP contribution in [0.25, 0.3) is 0 Å². The van der Waals surface area contributed by atoms with Gasteiger partial charge in [-0.2, -0.15) is 0 Å². The molecule has 0 aromatic heterocycles. The maximum Gasteiger partial charge on any atom is 0.408 e. The smallest absolute Gasteiger partial charge is 0.408 e. The van der Waals surface area contributed by atoms with Gasteiger partial charge < -0.3 is 20.5 Å². The topological polar surface area (TPSA) is 90.6 Å². The fraction of sp³-hybridized carbons (Fsp3) is 0.300. The summed E-state index contributed by atoms with van der Waals surface area (Å²) in [4.78, 5) is 24.0. The van der Waals surface area contributed by atoms with Gasteiger partial charge in [-0.3, -0.25) is 0 Å². The lowest BCUT2D eigenvalue weighted by Gasteiger charge is -2.20. The minimum absolute atomic E-state index is 0.122. The summed E-state index contributed by atoms with van der Waals surface area (Å²) >= 11 is 0. The van der Waals surface area contributed by atoms with Crippen LogP contribution in [-0.2, 0) is 27.3 Å². The number of methoxy groups -OCH3 is 1. The second-order valence-electron chi connectivity index (χ2n) is 5.97. The van der Waals surface area contributed by atoms with E-state index in [0.717, 1.165) is 11.1 Å². The molecule has 3 N–H and O–H groups in total. The van der Waals surface area contributed by atoms with E-state index in [0.29, 0.717) is 6.42 Å². The Hall–Kier alpha value is -2.86. The van der Waals surface area contributed by atoms with E-state index in [2.05, 4.69) is 5.32 Å². The number of hydrogen-bond donors (Lipinski definition) is 2. The normalized spacial score (nSPS) is 12.7. The number of rotatable bonds is 8. The number of amides is 1. The Labute approximate surface area is 153 Å². The second-order valence-corrected chi connectivity index (χ2v) is 5.97. The number of nitrogens with two attached hydrogens (primary N) is 1. The molecule has 0 spiro atoms. The van der Waals surface area contributed by atoms with Gasteiger partial charge in [0.1, 0.15) is 12.6 Å². The van der Waals surface area contributed by atoms with Gasteiger partial charge in [-0.25, -0.2) is 9.59 Å². The Bertz CT molecular complexity index is 691. The van der Waals surface area contributed by atoms with Crippen LogP contribution in [0.5, 0.6) is 0 Å². The van der Waals surface area contributed by atoms with Gasteiger partial charge in [0, 0.05) is 6.04 Å². The van der Waals surface area contributed by atoms with Crippen molar-refractivity contribution in [2.75, 3.05) is 7.11 Å². The molecule has 26 heavy (non-hydrogen) atoms. The van der Waals surface area contributed by atoms with Crippen molar-refractivity contribution in [3.05, 3.63) is 71.8 Å². The molecule has 0 unspecified atom stereocenters. The number of nitrogens with one attached hydrogen (secondary N) is 1. The first-order valence-corrected chi connectivity index (χ1v) is 8.43. The van der Waals surface area contributed by atoms with Crippen LogP contribution in [0.2, 0.25) is 0 Å². The van der Waals surface area contributed by atoms with Crippen LogP contribution >= 0.6 is 0 Å². The van der Waals surface area contributed by atoms with Crippen molar-refractivity contribution >= 4 is 12.1 Å². The van der Waals surface area contributed by atoms with Crippen LogP contribution in [-0.4, -0.2) is 31.3 Å². The molecule has 0 heterocycles. The zero-order valence-corrected chi connectivity index (χ0v) is 14.8. The molecule has 2 aromatic rings. The molecule has 0 aliphatic rings. The molecule has 138 valence electrons. The maximum atomic E-state index is 12.0. The number of hydrogen-bond acceptors (Lipinski definition) is 5. The van der Waals surface area contributed by atoms with Gasteiger partial charge in [-0.05, 0) is 24.0 Å². The van der Waals surface area contributed by atoms with Crippen molar-refractivity contribution in [1.29, 1.82) is 0 Å². The Morgan fingerprint density at radius 2 is 1.58 bits per heavy atom. The number of esters is 1. The molecule has 0 bridgehead atoms. The van der Waals surface area contributed by atoms with Crippen LogP contribution in [0.15, 0.2) is 60.7 Å². The predicted molar refractivity (Wildman–Crippen MR) is 98.3 cm³/mol. The lowest BCUT2D eigenvalue weighted by atomic mass is 10.0. The number of benzene rings is 2. The molecule has 2 rings (SSSR count). The van der Waals surface area contributed by atoms with Crippen molar-refractivity contribution in [3.63, 3.8) is 0 Å². The Morgan fingerprint density at radius 1 is 1.00 bits per heavy atom. The summed E-state index contributed by atoms with van der Waals surface area (Å²) in [5.74, 6) is -0.551. The minimum atomic E-state index is -0.859. The molecule has 0 aliphatic heterocycles. The third-order valence-corrected chi connectivity index (χ3v) is 3.87. The van der Waals surface area contributed by atoms with Crippen LogP contribution < -0.4 is 11.1 Å². The summed E-state index contributed by atoms with van der Waals surface area (Å²) in [6.07, 6.45) is 0.160. The molecule has 2 aromatic carbocycles. The Kier molecular flexibility index (Phi) is 7.64. The summed E-state index contributed by atoms with van der Waals surface area (Å²) in [6.45, 7) is 0.122. The van der Waals surface area contributed by atoms with E-state index in [-0.39, 0.29) is 19.1 Å². The molecule has 6 nitrogen and oxygen atoms in total. The molecule has 2 atom stereocenters. The number of carbonyl (C=O) groups is 2. The van der Waals surface area contributed by atoms with Crippen molar-refractivity contribution in [3.8, 4) is 0 Å². The van der Waals surface area contributed by atoms with E-state index in [1.807, 2.05) is 60.7 Å². The van der Waals surface area contributed by atoms with Crippen LogP contribution in [0.3, 0.4) is 0 Å². The van der Waals surface area contributed by atoms with E-state index >= 15 is 0 Å². The summed E-state index contributed by atoms with van der Waals surface area (Å²) in [7, 11) is 1.27. The van der Waals surface area contributed by atoms with Crippen molar-refractivity contribution in [2.45, 2.75) is 31.5 Å². The SMILES string of the molecule is COC(=O)[C@H](C[C@@H](N)Cc1ccccc1)NC(=O)OCc1ccccc1. The third-order valence-electron chi connectivity index (χ3n) is 3.87. The summed E-state index contributed by atoms with van der Waals surface area (Å²) in [6, 6.07) is 17.8. The predicted octanol–water partition coefficient (Wildman–Crippen LogP) is 2.41. The lowest BCUT2D eigenvalue weighted by Crippen LogP contribution is -2.45. The van der Waals surface area contributed by atoms with E-state index < -0.39 is 18.1 Å². The van der Waals surface area contributed by atoms with Gasteiger partial charge >= 0.3 is 12.1 Å². The minimum Gasteiger partial charge on any atom is -0.467 e. The van der Waals surface area contributed by atoms with E-state index in [9.17, 15) is 9.59 Å². The first-order chi connectivity index (χ1) is 12.6. The number of ether oxygens (including phenoxy) is 2. The molecule has 0 saturated carbocycles. The first kappa shape index (κ1) is 19.5. The highest BCUT2D eigenvalue weighted by Gasteiger charge is 2.25. The standard InChI is InChI=1S/C20H24N2O4/c1-25-19(23)18(13-17(21)12-15-8-4-2-5-9-15)22-20(24)26-14-16-10-6-3-7-11-16/h2-11,17-18H,12-14,21H2,1H3,(H,22,24)/t17-,18-/m0/s1. The highest BCUT2D eigenvalue weighted by atomic mass is 16.6. The fourth-order valence-corrected chi connectivity index (χ4v) is 2.57. The van der Waals surface area contributed by atoms with Gasteiger partial charge in [0.25, 0.3) is 0 Å². The highest BCUT2D eigenvalue weighted by molar-refractivity contribution is 5.81. The molecule has 1 amide bonds. The monoisotopic (exact) mass is 356 g/mol. The highest BCUT2D eigenvalue weighted by Crippen LogP contribution is 2.08. The summed E-state index contributed by atoms with van der Waals surface area (Å²) in [5.41, 5.74) is 8.06. The lowest BCUT2D eigenvalue weighted by molar-refractivity contribution is -0.143. The van der Waals surface area contributed by atoms with Crippen molar-refractivity contribution < 1.29 is 19.1 Å². The van der Waals surface area contributed by atoms with Crippen LogP contribution in [0.4, 0.5) is 4.79 Å². The molecule has 0 fully saturated rings.